The Hall–Kier alpha value is -1.77. The van der Waals surface area contributed by atoms with Crippen molar-refractivity contribution in [3.05, 3.63) is 27.8 Å². The summed E-state index contributed by atoms with van der Waals surface area (Å²) in [6.45, 7) is 1.42. The van der Waals surface area contributed by atoms with E-state index in [1.807, 2.05) is 6.07 Å². The topological polar surface area (TPSA) is 81.7 Å². The van der Waals surface area contributed by atoms with Gasteiger partial charge in [-0.15, -0.1) is 0 Å². The van der Waals surface area contributed by atoms with Crippen molar-refractivity contribution < 1.29 is 23.9 Å². The predicted octanol–water partition coefficient (Wildman–Crippen LogP) is 2.33. The van der Waals surface area contributed by atoms with Gasteiger partial charge in [-0.1, -0.05) is 26.8 Å². The van der Waals surface area contributed by atoms with E-state index >= 15 is 0 Å². The average Bonchev–Trinajstić information content (AvgIpc) is 2.90. The summed E-state index contributed by atoms with van der Waals surface area (Å²) < 4.78 is 11.8. The molecule has 1 amide bonds. The molecule has 122 valence electrons. The van der Waals surface area contributed by atoms with E-state index in [4.69, 9.17) is 9.47 Å². The van der Waals surface area contributed by atoms with Crippen LogP contribution in [0.5, 0.6) is 0 Å². The minimum atomic E-state index is -1.03. The Labute approximate surface area is 143 Å². The lowest BCUT2D eigenvalue weighted by molar-refractivity contribution is -0.224. The first kappa shape index (κ1) is 16.1. The molecule has 0 radical (unpaired) electrons. The molecule has 1 heterocycles. The van der Waals surface area contributed by atoms with Crippen LogP contribution in [0.3, 0.4) is 0 Å². The van der Waals surface area contributed by atoms with E-state index < -0.39 is 38.5 Å². The fourth-order valence-corrected chi connectivity index (χ4v) is 4.83. The summed E-state index contributed by atoms with van der Waals surface area (Å²) in [6, 6.07) is 7.12. The molecule has 2 fully saturated rings. The zero-order valence-corrected chi connectivity index (χ0v) is 14.7. The second kappa shape index (κ2) is 6.38. The molecule has 3 rings (SSSR count). The van der Waals surface area contributed by atoms with Crippen LogP contribution in [-0.4, -0.2) is 27.1 Å². The molecule has 2 aliphatic rings. The van der Waals surface area contributed by atoms with Gasteiger partial charge >= 0.3 is 11.9 Å². The molecule has 0 atom stereocenters. The summed E-state index contributed by atoms with van der Waals surface area (Å²) in [5, 5.41) is 2.68. The molecule has 1 aromatic rings. The van der Waals surface area contributed by atoms with Crippen molar-refractivity contribution in [3.8, 4) is 0 Å². The van der Waals surface area contributed by atoms with Gasteiger partial charge in [0, 0.05) is 29.0 Å². The molecule has 1 spiro atoms. The molecule has 0 bridgehead atoms. The van der Waals surface area contributed by atoms with Gasteiger partial charge in [0.25, 0.3) is 5.79 Å². The van der Waals surface area contributed by atoms with Crippen LogP contribution in [0.4, 0.5) is 5.69 Å². The number of anilines is 1. The Morgan fingerprint density at radius 3 is 2.43 bits per heavy atom. The quantitative estimate of drug-likeness (QED) is 0.577. The number of hydrogen-bond acceptors (Lipinski definition) is 5. The third kappa shape index (κ3) is 3.60. The maximum atomic E-state index is 12.2. The molecule has 1 aliphatic carbocycles. The van der Waals surface area contributed by atoms with E-state index in [0.717, 1.165) is 16.4 Å². The lowest BCUT2D eigenvalue weighted by Gasteiger charge is -2.32. The number of hydrogen-bond donors (Lipinski definition) is 1. The number of ether oxygens (including phenoxy) is 2. The summed E-state index contributed by atoms with van der Waals surface area (Å²) >= 11 is -1.03. The fourth-order valence-electron chi connectivity index (χ4n) is 2.66. The van der Waals surface area contributed by atoms with Crippen molar-refractivity contribution in [1.82, 2.24) is 0 Å². The minimum absolute atomic E-state index is 0.0984. The lowest BCUT2D eigenvalue weighted by atomic mass is 10.2. The maximum Gasteiger partial charge on any atom is 0.354 e. The normalized spacial score (nSPS) is 19.4. The number of rotatable bonds is 2. The second-order valence-electron chi connectivity index (χ2n) is 5.50. The van der Waals surface area contributed by atoms with Crippen LogP contribution in [-0.2, 0) is 23.9 Å². The van der Waals surface area contributed by atoms with Crippen LogP contribution >= 0.6 is 20.7 Å². The Balaban J connectivity index is 1.83. The first-order valence-electron chi connectivity index (χ1n) is 7.34. The number of carbonyl (C=O) groups excluding carboxylic acids is 3. The van der Waals surface area contributed by atoms with Crippen LogP contribution in [0, 0.1) is 3.57 Å². The lowest BCUT2D eigenvalue weighted by Crippen LogP contribution is -2.48. The summed E-state index contributed by atoms with van der Waals surface area (Å²) in [6.07, 6.45) is 2.94. The van der Waals surface area contributed by atoms with Crippen molar-refractivity contribution in [2.24, 2.45) is 0 Å². The third-order valence-corrected chi connectivity index (χ3v) is 6.34. The molecule has 0 aromatic heterocycles. The number of carbonyl (C=O) groups is 3. The van der Waals surface area contributed by atoms with E-state index in [1.54, 1.807) is 18.2 Å². The number of amides is 1. The van der Waals surface area contributed by atoms with Crippen LogP contribution in [0.1, 0.15) is 32.6 Å². The Bertz CT molecular complexity index is 684. The molecule has 23 heavy (non-hydrogen) atoms. The highest BCUT2D eigenvalue weighted by Crippen LogP contribution is 2.37. The van der Waals surface area contributed by atoms with E-state index in [1.165, 1.54) is 6.92 Å². The van der Waals surface area contributed by atoms with Gasteiger partial charge in [-0.2, -0.15) is 0 Å². The van der Waals surface area contributed by atoms with Crippen molar-refractivity contribution in [2.75, 3.05) is 5.32 Å². The van der Waals surface area contributed by atoms with E-state index in [-0.39, 0.29) is 9.42 Å². The fraction of sp³-hybridized carbons (Fsp3) is 0.375. The van der Waals surface area contributed by atoms with Crippen LogP contribution < -0.4 is 5.32 Å². The number of nitrogens with one attached hydrogen (secondary N) is 1. The van der Waals surface area contributed by atoms with Gasteiger partial charge in [0.2, 0.25) is 5.91 Å². The highest BCUT2D eigenvalue weighted by atomic mass is 127. The van der Waals surface area contributed by atoms with Gasteiger partial charge in [0.1, 0.15) is 0 Å². The number of esters is 2. The highest BCUT2D eigenvalue weighted by Gasteiger charge is 2.48. The highest BCUT2D eigenvalue weighted by molar-refractivity contribution is 14.2. The molecule has 1 aromatic carbocycles. The zero-order valence-electron chi connectivity index (χ0n) is 12.6. The van der Waals surface area contributed by atoms with Crippen molar-refractivity contribution in [3.63, 3.8) is 0 Å². The maximum absolute atomic E-state index is 12.2. The number of benzene rings is 1. The predicted molar refractivity (Wildman–Crippen MR) is 91.9 cm³/mol. The Morgan fingerprint density at radius 2 is 1.83 bits per heavy atom. The molecule has 7 heteroatoms. The van der Waals surface area contributed by atoms with E-state index in [2.05, 4.69) is 5.32 Å². The molecular formula is C16H16INO5. The first-order valence-corrected chi connectivity index (χ1v) is 9.49. The average molecular weight is 429 g/mol. The Morgan fingerprint density at radius 1 is 1.17 bits per heavy atom. The monoisotopic (exact) mass is 429 g/mol. The SMILES string of the molecule is CC(=O)Nc1cccc(I=C2C(=O)OC3(CCCC3)OC2=O)c1. The second-order valence-corrected chi connectivity index (χ2v) is 8.36. The standard InChI is InChI=1S/C16H16INO5/c1-10(19)18-12-6-4-5-11(9-12)17-13-14(20)22-16(23-15(13)21)7-2-3-8-16/h4-6,9H,2-3,7-8H2,1H3,(H,18,19). The molecule has 1 saturated heterocycles. The third-order valence-electron chi connectivity index (χ3n) is 3.63. The van der Waals surface area contributed by atoms with E-state index in [9.17, 15) is 14.4 Å². The minimum Gasteiger partial charge on any atom is -0.418 e. The number of halogens is 1. The van der Waals surface area contributed by atoms with Crippen LogP contribution in [0.25, 0.3) is 0 Å². The van der Waals surface area contributed by atoms with Crippen molar-refractivity contribution in [1.29, 1.82) is 0 Å². The van der Waals surface area contributed by atoms with Gasteiger partial charge in [-0.3, -0.25) is 4.79 Å². The van der Waals surface area contributed by atoms with Gasteiger partial charge < -0.3 is 14.8 Å². The van der Waals surface area contributed by atoms with Gasteiger partial charge in [-0.05, 0) is 31.0 Å². The largest absolute Gasteiger partial charge is 0.418 e. The zero-order chi connectivity index (χ0) is 16.4. The van der Waals surface area contributed by atoms with Gasteiger partial charge in [0.05, 0.1) is 0 Å². The molecule has 6 nitrogen and oxygen atoms in total. The molecule has 0 unspecified atom stereocenters. The summed E-state index contributed by atoms with van der Waals surface area (Å²) in [7, 11) is 0. The van der Waals surface area contributed by atoms with E-state index in [0.29, 0.717) is 18.5 Å². The first-order chi connectivity index (χ1) is 11.0. The molecule has 1 saturated carbocycles. The van der Waals surface area contributed by atoms with Crippen LogP contribution in [0.2, 0.25) is 0 Å². The van der Waals surface area contributed by atoms with Crippen molar-refractivity contribution in [2.45, 2.75) is 38.4 Å². The van der Waals surface area contributed by atoms with Gasteiger partial charge in [-0.25, -0.2) is 9.59 Å². The summed E-state index contributed by atoms with van der Waals surface area (Å²) in [5.74, 6) is -2.31. The summed E-state index contributed by atoms with van der Waals surface area (Å²) in [5.41, 5.74) is 0.639. The van der Waals surface area contributed by atoms with Gasteiger partial charge in [0.15, 0.2) is 3.51 Å². The molecular weight excluding hydrogens is 413 g/mol. The Kier molecular flexibility index (Phi) is 4.47. The van der Waals surface area contributed by atoms with Crippen molar-refractivity contribution >= 4 is 47.8 Å². The smallest absolute Gasteiger partial charge is 0.354 e. The molecule has 1 aliphatic heterocycles. The van der Waals surface area contributed by atoms with Crippen LogP contribution in [0.15, 0.2) is 24.3 Å². The summed E-state index contributed by atoms with van der Waals surface area (Å²) in [4.78, 5) is 35.6. The molecule has 1 N–H and O–H groups in total.